The lowest BCUT2D eigenvalue weighted by molar-refractivity contribution is 0.594. The average molecular weight is 229 g/mol. The van der Waals surface area contributed by atoms with E-state index in [-0.39, 0.29) is 0 Å². The Morgan fingerprint density at radius 2 is 2.00 bits per heavy atom. The molecule has 1 aromatic carbocycles. The molecule has 1 atom stereocenters. The Kier molecular flexibility index (Phi) is 3.59. The predicted octanol–water partition coefficient (Wildman–Crippen LogP) is 2.85. The lowest BCUT2D eigenvalue weighted by Gasteiger charge is -2.12. The number of benzene rings is 1. The van der Waals surface area contributed by atoms with Crippen LogP contribution in [0.1, 0.15) is 31.1 Å². The van der Waals surface area contributed by atoms with E-state index in [2.05, 4.69) is 43.3 Å². The second-order valence-electron chi connectivity index (χ2n) is 4.21. The summed E-state index contributed by atoms with van der Waals surface area (Å²) in [5.41, 5.74) is 3.57. The van der Waals surface area contributed by atoms with Crippen LogP contribution in [0.2, 0.25) is 0 Å². The molecule has 3 heteroatoms. The van der Waals surface area contributed by atoms with Gasteiger partial charge in [0.05, 0.1) is 11.9 Å². The van der Waals surface area contributed by atoms with Crippen molar-refractivity contribution in [1.82, 2.24) is 15.1 Å². The Bertz CT molecular complexity index is 473. The molecule has 0 radical (unpaired) electrons. The molecule has 0 saturated heterocycles. The summed E-state index contributed by atoms with van der Waals surface area (Å²) in [6, 6.07) is 10.6. The molecule has 3 nitrogen and oxygen atoms in total. The Balaban J connectivity index is 2.33. The van der Waals surface area contributed by atoms with Gasteiger partial charge in [0.25, 0.3) is 0 Å². The van der Waals surface area contributed by atoms with Gasteiger partial charge >= 0.3 is 0 Å². The molecule has 1 aromatic heterocycles. The van der Waals surface area contributed by atoms with E-state index in [0.717, 1.165) is 12.2 Å². The summed E-state index contributed by atoms with van der Waals surface area (Å²) < 4.78 is 1.99. The first-order valence-electron chi connectivity index (χ1n) is 6.07. The van der Waals surface area contributed by atoms with Crippen LogP contribution in [0.3, 0.4) is 0 Å². The van der Waals surface area contributed by atoms with E-state index < -0.39 is 0 Å². The van der Waals surface area contributed by atoms with Gasteiger partial charge in [-0.3, -0.25) is 0 Å². The molecule has 0 aliphatic rings. The van der Waals surface area contributed by atoms with Crippen LogP contribution < -0.4 is 5.32 Å². The predicted molar refractivity (Wildman–Crippen MR) is 70.4 cm³/mol. The summed E-state index contributed by atoms with van der Waals surface area (Å²) in [4.78, 5) is 0. The number of aromatic nitrogens is 2. The standard InChI is InChI=1S/C14H19N3/c1-4-15-11(2)14-10-16-17(12(14)3)13-8-6-5-7-9-13/h5-11,15H,4H2,1-3H3. The fraction of sp³-hybridized carbons (Fsp3) is 0.357. The number of rotatable bonds is 4. The molecule has 0 aliphatic heterocycles. The van der Waals surface area contributed by atoms with Crippen LogP contribution in [0.25, 0.3) is 5.69 Å². The van der Waals surface area contributed by atoms with Gasteiger partial charge in [0, 0.05) is 17.3 Å². The normalized spacial score (nSPS) is 12.6. The SMILES string of the molecule is CCNC(C)c1cnn(-c2ccccc2)c1C. The van der Waals surface area contributed by atoms with Gasteiger partial charge < -0.3 is 5.32 Å². The monoisotopic (exact) mass is 229 g/mol. The summed E-state index contributed by atoms with van der Waals surface area (Å²) in [7, 11) is 0. The second kappa shape index (κ2) is 5.15. The van der Waals surface area contributed by atoms with Crippen molar-refractivity contribution < 1.29 is 0 Å². The van der Waals surface area contributed by atoms with Gasteiger partial charge in [0.15, 0.2) is 0 Å². The zero-order valence-corrected chi connectivity index (χ0v) is 10.6. The van der Waals surface area contributed by atoms with Gasteiger partial charge in [-0.05, 0) is 32.5 Å². The molecule has 0 saturated carbocycles. The van der Waals surface area contributed by atoms with Gasteiger partial charge in [0.1, 0.15) is 0 Å². The number of nitrogens with zero attached hydrogens (tertiary/aromatic N) is 2. The van der Waals surface area contributed by atoms with Crippen molar-refractivity contribution in [3.8, 4) is 5.69 Å². The molecular weight excluding hydrogens is 210 g/mol. The second-order valence-corrected chi connectivity index (χ2v) is 4.21. The minimum Gasteiger partial charge on any atom is -0.310 e. The van der Waals surface area contributed by atoms with Gasteiger partial charge in [-0.1, -0.05) is 25.1 Å². The van der Waals surface area contributed by atoms with E-state index in [1.54, 1.807) is 0 Å². The molecule has 1 heterocycles. The molecule has 0 bridgehead atoms. The summed E-state index contributed by atoms with van der Waals surface area (Å²) in [5, 5.41) is 7.88. The van der Waals surface area contributed by atoms with Crippen molar-refractivity contribution >= 4 is 0 Å². The molecule has 1 N–H and O–H groups in total. The maximum atomic E-state index is 4.47. The minimum atomic E-state index is 0.345. The van der Waals surface area contributed by atoms with Crippen molar-refractivity contribution in [2.24, 2.45) is 0 Å². The first-order valence-corrected chi connectivity index (χ1v) is 6.07. The average Bonchev–Trinajstić information content (AvgIpc) is 2.72. The first-order chi connectivity index (χ1) is 8.24. The van der Waals surface area contributed by atoms with Gasteiger partial charge in [-0.2, -0.15) is 5.10 Å². The topological polar surface area (TPSA) is 29.9 Å². The van der Waals surface area contributed by atoms with Crippen molar-refractivity contribution in [1.29, 1.82) is 0 Å². The van der Waals surface area contributed by atoms with Crippen molar-refractivity contribution in [3.63, 3.8) is 0 Å². The summed E-state index contributed by atoms with van der Waals surface area (Å²) in [5.74, 6) is 0. The van der Waals surface area contributed by atoms with Crippen LogP contribution in [-0.4, -0.2) is 16.3 Å². The van der Waals surface area contributed by atoms with E-state index in [1.165, 1.54) is 11.3 Å². The summed E-state index contributed by atoms with van der Waals surface area (Å²) >= 11 is 0. The van der Waals surface area contributed by atoms with Crippen LogP contribution >= 0.6 is 0 Å². The fourth-order valence-electron chi connectivity index (χ4n) is 2.09. The van der Waals surface area contributed by atoms with E-state index >= 15 is 0 Å². The van der Waals surface area contributed by atoms with Gasteiger partial charge in [0.2, 0.25) is 0 Å². The highest BCUT2D eigenvalue weighted by molar-refractivity contribution is 5.35. The van der Waals surface area contributed by atoms with Crippen molar-refractivity contribution in [2.45, 2.75) is 26.8 Å². The molecule has 0 spiro atoms. The molecule has 2 rings (SSSR count). The highest BCUT2D eigenvalue weighted by Gasteiger charge is 2.12. The number of hydrogen-bond acceptors (Lipinski definition) is 2. The Morgan fingerprint density at radius 3 is 2.65 bits per heavy atom. The minimum absolute atomic E-state index is 0.345. The number of hydrogen-bond donors (Lipinski definition) is 1. The molecule has 1 unspecified atom stereocenters. The highest BCUT2D eigenvalue weighted by Crippen LogP contribution is 2.19. The molecule has 90 valence electrons. The number of nitrogens with one attached hydrogen (secondary N) is 1. The van der Waals surface area contributed by atoms with Crippen LogP contribution in [0.4, 0.5) is 0 Å². The Labute approximate surface area is 102 Å². The molecular formula is C14H19N3. The maximum absolute atomic E-state index is 4.47. The third-order valence-corrected chi connectivity index (χ3v) is 3.03. The first kappa shape index (κ1) is 11.9. The maximum Gasteiger partial charge on any atom is 0.0648 e. The van der Waals surface area contributed by atoms with Gasteiger partial charge in [-0.25, -0.2) is 4.68 Å². The van der Waals surface area contributed by atoms with E-state index in [9.17, 15) is 0 Å². The Morgan fingerprint density at radius 1 is 1.29 bits per heavy atom. The fourth-order valence-corrected chi connectivity index (χ4v) is 2.09. The van der Waals surface area contributed by atoms with E-state index in [0.29, 0.717) is 6.04 Å². The molecule has 17 heavy (non-hydrogen) atoms. The largest absolute Gasteiger partial charge is 0.310 e. The van der Waals surface area contributed by atoms with Crippen LogP contribution in [0.5, 0.6) is 0 Å². The highest BCUT2D eigenvalue weighted by atomic mass is 15.3. The van der Waals surface area contributed by atoms with Crippen LogP contribution in [0.15, 0.2) is 36.5 Å². The number of para-hydroxylation sites is 1. The molecule has 0 amide bonds. The third kappa shape index (κ3) is 2.39. The van der Waals surface area contributed by atoms with E-state index in [1.807, 2.05) is 29.1 Å². The zero-order chi connectivity index (χ0) is 12.3. The summed E-state index contributed by atoms with van der Waals surface area (Å²) in [6.45, 7) is 7.37. The lowest BCUT2D eigenvalue weighted by atomic mass is 10.1. The van der Waals surface area contributed by atoms with E-state index in [4.69, 9.17) is 0 Å². The third-order valence-electron chi connectivity index (χ3n) is 3.03. The van der Waals surface area contributed by atoms with Crippen LogP contribution in [0, 0.1) is 6.92 Å². The molecule has 2 aromatic rings. The quantitative estimate of drug-likeness (QED) is 0.873. The van der Waals surface area contributed by atoms with Crippen molar-refractivity contribution in [2.75, 3.05) is 6.54 Å². The molecule has 0 fully saturated rings. The van der Waals surface area contributed by atoms with Crippen LogP contribution in [-0.2, 0) is 0 Å². The lowest BCUT2D eigenvalue weighted by Crippen LogP contribution is -2.18. The van der Waals surface area contributed by atoms with Crippen molar-refractivity contribution in [3.05, 3.63) is 47.8 Å². The van der Waals surface area contributed by atoms with Gasteiger partial charge in [-0.15, -0.1) is 0 Å². The smallest absolute Gasteiger partial charge is 0.0648 e. The molecule has 0 aliphatic carbocycles. The Hall–Kier alpha value is -1.61. The zero-order valence-electron chi connectivity index (χ0n) is 10.6. The summed E-state index contributed by atoms with van der Waals surface area (Å²) in [6.07, 6.45) is 1.95.